The first-order valence-corrected chi connectivity index (χ1v) is 6.15. The van der Waals surface area contributed by atoms with E-state index in [0.717, 1.165) is 31.6 Å². The normalized spacial score (nSPS) is 25.0. The van der Waals surface area contributed by atoms with Gasteiger partial charge in [0.15, 0.2) is 5.76 Å². The molecule has 0 aliphatic carbocycles. The van der Waals surface area contributed by atoms with E-state index in [-0.39, 0.29) is 11.4 Å². The topological polar surface area (TPSA) is 59.5 Å². The Morgan fingerprint density at radius 3 is 2.88 bits per heavy atom. The van der Waals surface area contributed by atoms with E-state index in [0.29, 0.717) is 12.3 Å². The third-order valence-electron chi connectivity index (χ3n) is 3.63. The molecule has 1 atom stereocenters. The van der Waals surface area contributed by atoms with Gasteiger partial charge in [-0.1, -0.05) is 0 Å². The van der Waals surface area contributed by atoms with Crippen molar-refractivity contribution in [2.45, 2.75) is 38.6 Å². The highest BCUT2D eigenvalue weighted by Crippen LogP contribution is 2.28. The largest absolute Gasteiger partial charge is 0.456 e. The summed E-state index contributed by atoms with van der Waals surface area (Å²) in [5, 5.41) is 0. The lowest BCUT2D eigenvalue weighted by atomic mass is 9.88. The van der Waals surface area contributed by atoms with Crippen molar-refractivity contribution < 1.29 is 9.21 Å². The first kappa shape index (κ1) is 12.2. The number of rotatable bonds is 2. The molecule has 0 saturated carbocycles. The standard InChI is InChI=1S/C13H20N2O2/c1-10-5-6-11(17-10)12(16)15-8-4-3-7-13(15,2)9-14/h5-6H,3-4,7-9,14H2,1-2H3. The Kier molecular flexibility index (Phi) is 3.24. The molecule has 1 aromatic heterocycles. The Morgan fingerprint density at radius 1 is 1.53 bits per heavy atom. The monoisotopic (exact) mass is 236 g/mol. The van der Waals surface area contributed by atoms with E-state index < -0.39 is 0 Å². The fraction of sp³-hybridized carbons (Fsp3) is 0.615. The van der Waals surface area contributed by atoms with Crippen molar-refractivity contribution in [3.8, 4) is 0 Å². The van der Waals surface area contributed by atoms with Crippen LogP contribution in [0.1, 0.15) is 42.5 Å². The highest BCUT2D eigenvalue weighted by Gasteiger charge is 2.37. The summed E-state index contributed by atoms with van der Waals surface area (Å²) in [4.78, 5) is 14.2. The Hall–Kier alpha value is -1.29. The van der Waals surface area contributed by atoms with Gasteiger partial charge in [0.2, 0.25) is 0 Å². The minimum atomic E-state index is -0.226. The number of furan rings is 1. The minimum absolute atomic E-state index is 0.0363. The van der Waals surface area contributed by atoms with Crippen molar-refractivity contribution in [3.05, 3.63) is 23.7 Å². The van der Waals surface area contributed by atoms with Crippen LogP contribution in [0.15, 0.2) is 16.5 Å². The molecule has 94 valence electrons. The van der Waals surface area contributed by atoms with Gasteiger partial charge in [-0.3, -0.25) is 4.79 Å². The molecule has 1 aliphatic rings. The lowest BCUT2D eigenvalue weighted by Crippen LogP contribution is -2.56. The molecule has 4 nitrogen and oxygen atoms in total. The van der Waals surface area contributed by atoms with E-state index in [2.05, 4.69) is 6.92 Å². The van der Waals surface area contributed by atoms with Crippen LogP contribution in [0.3, 0.4) is 0 Å². The molecule has 0 aromatic carbocycles. The number of carbonyl (C=O) groups is 1. The zero-order valence-corrected chi connectivity index (χ0v) is 10.5. The van der Waals surface area contributed by atoms with Gasteiger partial charge in [0.25, 0.3) is 5.91 Å². The van der Waals surface area contributed by atoms with Gasteiger partial charge in [-0.25, -0.2) is 0 Å². The minimum Gasteiger partial charge on any atom is -0.456 e. The number of piperidine rings is 1. The third kappa shape index (κ3) is 2.22. The number of nitrogens with zero attached hydrogens (tertiary/aromatic N) is 1. The first-order chi connectivity index (χ1) is 8.07. The van der Waals surface area contributed by atoms with Gasteiger partial charge in [0, 0.05) is 13.1 Å². The smallest absolute Gasteiger partial charge is 0.290 e. The molecule has 1 saturated heterocycles. The van der Waals surface area contributed by atoms with E-state index in [9.17, 15) is 4.79 Å². The SMILES string of the molecule is Cc1ccc(C(=O)N2CCCCC2(C)CN)o1. The number of likely N-dealkylation sites (tertiary alicyclic amines) is 1. The van der Waals surface area contributed by atoms with Crippen LogP contribution in [0, 0.1) is 6.92 Å². The Bertz CT molecular complexity index is 413. The highest BCUT2D eigenvalue weighted by molar-refractivity contribution is 5.92. The maximum Gasteiger partial charge on any atom is 0.290 e. The number of amides is 1. The van der Waals surface area contributed by atoms with Crippen LogP contribution in [0.5, 0.6) is 0 Å². The van der Waals surface area contributed by atoms with Crippen molar-refractivity contribution >= 4 is 5.91 Å². The van der Waals surface area contributed by atoms with E-state index in [1.165, 1.54) is 0 Å². The second-order valence-electron chi connectivity index (χ2n) is 5.03. The van der Waals surface area contributed by atoms with Crippen molar-refractivity contribution in [1.82, 2.24) is 4.90 Å². The average Bonchev–Trinajstić information content (AvgIpc) is 2.76. The van der Waals surface area contributed by atoms with Crippen LogP contribution in [-0.2, 0) is 0 Å². The van der Waals surface area contributed by atoms with Crippen LogP contribution >= 0.6 is 0 Å². The van der Waals surface area contributed by atoms with Crippen molar-refractivity contribution in [3.63, 3.8) is 0 Å². The third-order valence-corrected chi connectivity index (χ3v) is 3.63. The highest BCUT2D eigenvalue weighted by atomic mass is 16.3. The number of hydrogen-bond donors (Lipinski definition) is 1. The molecule has 1 unspecified atom stereocenters. The average molecular weight is 236 g/mol. The van der Waals surface area contributed by atoms with Gasteiger partial charge in [-0.05, 0) is 45.2 Å². The fourth-order valence-electron chi connectivity index (χ4n) is 2.42. The number of nitrogens with two attached hydrogens (primary N) is 1. The van der Waals surface area contributed by atoms with Crippen LogP contribution in [-0.4, -0.2) is 29.4 Å². The molecule has 4 heteroatoms. The maximum absolute atomic E-state index is 12.4. The van der Waals surface area contributed by atoms with Gasteiger partial charge in [0.05, 0.1) is 5.54 Å². The first-order valence-electron chi connectivity index (χ1n) is 6.15. The predicted octanol–water partition coefficient (Wildman–Crippen LogP) is 1.93. The molecule has 1 aromatic rings. The molecule has 17 heavy (non-hydrogen) atoms. The quantitative estimate of drug-likeness (QED) is 0.853. The second kappa shape index (κ2) is 4.53. The summed E-state index contributed by atoms with van der Waals surface area (Å²) in [6, 6.07) is 3.56. The zero-order chi connectivity index (χ0) is 12.5. The van der Waals surface area contributed by atoms with Gasteiger partial charge in [-0.15, -0.1) is 0 Å². The van der Waals surface area contributed by atoms with E-state index in [1.807, 2.05) is 17.9 Å². The molecule has 2 rings (SSSR count). The Labute approximate surface area is 102 Å². The van der Waals surface area contributed by atoms with Crippen LogP contribution < -0.4 is 5.73 Å². The van der Waals surface area contributed by atoms with Gasteiger partial charge in [-0.2, -0.15) is 0 Å². The lowest BCUT2D eigenvalue weighted by molar-refractivity contribution is 0.0371. The van der Waals surface area contributed by atoms with Crippen molar-refractivity contribution in [2.75, 3.05) is 13.1 Å². The molecule has 0 radical (unpaired) electrons. The summed E-state index contributed by atoms with van der Waals surface area (Å²) in [6.07, 6.45) is 3.14. The van der Waals surface area contributed by atoms with Crippen molar-refractivity contribution in [1.29, 1.82) is 0 Å². The lowest BCUT2D eigenvalue weighted by Gasteiger charge is -2.43. The van der Waals surface area contributed by atoms with E-state index in [4.69, 9.17) is 10.2 Å². The molecular formula is C13H20N2O2. The van der Waals surface area contributed by atoms with Crippen LogP contribution in [0.4, 0.5) is 0 Å². The van der Waals surface area contributed by atoms with E-state index >= 15 is 0 Å². The fourth-order valence-corrected chi connectivity index (χ4v) is 2.42. The summed E-state index contributed by atoms with van der Waals surface area (Å²) in [7, 11) is 0. The zero-order valence-electron chi connectivity index (χ0n) is 10.5. The summed E-state index contributed by atoms with van der Waals surface area (Å²) < 4.78 is 5.40. The maximum atomic E-state index is 12.4. The van der Waals surface area contributed by atoms with Crippen LogP contribution in [0.2, 0.25) is 0 Å². The Morgan fingerprint density at radius 2 is 2.29 bits per heavy atom. The molecule has 0 bridgehead atoms. The van der Waals surface area contributed by atoms with Crippen molar-refractivity contribution in [2.24, 2.45) is 5.73 Å². The number of hydrogen-bond acceptors (Lipinski definition) is 3. The van der Waals surface area contributed by atoms with E-state index in [1.54, 1.807) is 6.07 Å². The molecular weight excluding hydrogens is 216 g/mol. The number of carbonyl (C=O) groups excluding carboxylic acids is 1. The molecule has 2 heterocycles. The summed E-state index contributed by atoms with van der Waals surface area (Å²) >= 11 is 0. The molecule has 0 spiro atoms. The number of aryl methyl sites for hydroxylation is 1. The summed E-state index contributed by atoms with van der Waals surface area (Å²) in [6.45, 7) is 5.17. The van der Waals surface area contributed by atoms with Crippen LogP contribution in [0.25, 0.3) is 0 Å². The molecule has 1 aliphatic heterocycles. The summed E-state index contributed by atoms with van der Waals surface area (Å²) in [5.74, 6) is 1.15. The molecule has 1 fully saturated rings. The van der Waals surface area contributed by atoms with Gasteiger partial charge < -0.3 is 15.1 Å². The van der Waals surface area contributed by atoms with Gasteiger partial charge in [0.1, 0.15) is 5.76 Å². The predicted molar refractivity (Wildman–Crippen MR) is 65.8 cm³/mol. The Balaban J connectivity index is 2.22. The molecule has 1 amide bonds. The van der Waals surface area contributed by atoms with Gasteiger partial charge >= 0.3 is 0 Å². The molecule has 2 N–H and O–H groups in total. The second-order valence-corrected chi connectivity index (χ2v) is 5.03. The summed E-state index contributed by atoms with van der Waals surface area (Å²) in [5.41, 5.74) is 5.60.